The Labute approximate surface area is 175 Å². The zero-order valence-electron chi connectivity index (χ0n) is 16.8. The number of benzene rings is 1. The molecule has 0 bridgehead atoms. The van der Waals surface area contributed by atoms with Crippen LogP contribution < -0.4 is 31.4 Å². The van der Waals surface area contributed by atoms with Crippen LogP contribution >= 0.6 is 0 Å². The smallest absolute Gasteiger partial charge is 0.332 e. The third-order valence-corrected chi connectivity index (χ3v) is 4.84. The van der Waals surface area contributed by atoms with Crippen LogP contribution in [0.15, 0.2) is 40.2 Å². The van der Waals surface area contributed by atoms with Gasteiger partial charge in [0.05, 0.1) is 12.9 Å². The molecule has 0 saturated heterocycles. The SMILES string of the molecule is Cn1c(=O)c2c(ncn2CC(=O)NC(=O)NCC2COc3ccccc3O2)n(C)c1=O. The van der Waals surface area contributed by atoms with E-state index in [0.29, 0.717) is 11.5 Å². The van der Waals surface area contributed by atoms with Gasteiger partial charge in [-0.1, -0.05) is 12.1 Å². The van der Waals surface area contributed by atoms with E-state index in [2.05, 4.69) is 15.6 Å². The van der Waals surface area contributed by atoms with Crippen molar-refractivity contribution in [2.45, 2.75) is 12.6 Å². The summed E-state index contributed by atoms with van der Waals surface area (Å²) in [5.74, 6) is 0.563. The summed E-state index contributed by atoms with van der Waals surface area (Å²) in [5, 5.41) is 4.75. The molecule has 3 aromatic rings. The zero-order chi connectivity index (χ0) is 22.1. The number of carbonyl (C=O) groups excluding carboxylic acids is 2. The van der Waals surface area contributed by atoms with Gasteiger partial charge in [0.25, 0.3) is 5.56 Å². The summed E-state index contributed by atoms with van der Waals surface area (Å²) >= 11 is 0. The van der Waals surface area contributed by atoms with Crippen LogP contribution in [0.5, 0.6) is 11.5 Å². The molecule has 0 fully saturated rings. The number of fused-ring (bicyclic) bond motifs is 2. The standard InChI is InChI=1S/C19H20N6O6/c1-23-16-15(17(27)24(2)19(23)29)25(10-21-16)8-14(26)22-18(28)20-7-11-9-30-12-5-3-4-6-13(12)31-11/h3-6,10-11H,7-9H2,1-2H3,(H2,20,22,26,28). The van der Waals surface area contributed by atoms with Gasteiger partial charge in [-0.05, 0) is 12.1 Å². The van der Waals surface area contributed by atoms with E-state index in [1.807, 2.05) is 12.1 Å². The van der Waals surface area contributed by atoms with Crippen LogP contribution in [-0.4, -0.2) is 49.9 Å². The van der Waals surface area contributed by atoms with E-state index < -0.39 is 29.3 Å². The van der Waals surface area contributed by atoms with E-state index in [1.165, 1.54) is 29.6 Å². The number of rotatable bonds is 4. The molecule has 12 heteroatoms. The van der Waals surface area contributed by atoms with Crippen LogP contribution in [0.3, 0.4) is 0 Å². The van der Waals surface area contributed by atoms with Gasteiger partial charge in [-0.25, -0.2) is 14.6 Å². The van der Waals surface area contributed by atoms with E-state index in [9.17, 15) is 19.2 Å². The third-order valence-electron chi connectivity index (χ3n) is 4.84. The van der Waals surface area contributed by atoms with Gasteiger partial charge in [0.15, 0.2) is 28.8 Å². The van der Waals surface area contributed by atoms with Crippen LogP contribution in [-0.2, 0) is 25.4 Å². The van der Waals surface area contributed by atoms with Crippen LogP contribution in [0, 0.1) is 0 Å². The molecule has 12 nitrogen and oxygen atoms in total. The number of nitrogens with zero attached hydrogens (tertiary/aromatic N) is 4. The molecule has 4 rings (SSSR count). The number of imide groups is 1. The summed E-state index contributed by atoms with van der Waals surface area (Å²) < 4.78 is 14.7. The fourth-order valence-electron chi connectivity index (χ4n) is 3.25. The lowest BCUT2D eigenvalue weighted by Crippen LogP contribution is -2.46. The van der Waals surface area contributed by atoms with Crippen LogP contribution in [0.1, 0.15) is 0 Å². The van der Waals surface area contributed by atoms with Crippen LogP contribution in [0.25, 0.3) is 11.2 Å². The topological polar surface area (TPSA) is 138 Å². The average Bonchev–Trinajstić information content (AvgIpc) is 3.18. The number of hydrogen-bond acceptors (Lipinski definition) is 7. The minimum absolute atomic E-state index is 0.0894. The molecule has 0 saturated carbocycles. The molecule has 1 aromatic carbocycles. The van der Waals surface area contributed by atoms with Gasteiger partial charge >= 0.3 is 11.7 Å². The van der Waals surface area contributed by atoms with Gasteiger partial charge < -0.3 is 19.4 Å². The van der Waals surface area contributed by atoms with Crippen molar-refractivity contribution >= 4 is 23.1 Å². The highest BCUT2D eigenvalue weighted by molar-refractivity contribution is 5.94. The van der Waals surface area contributed by atoms with Gasteiger partial charge in [-0.15, -0.1) is 0 Å². The molecule has 3 heterocycles. The first-order valence-corrected chi connectivity index (χ1v) is 9.42. The summed E-state index contributed by atoms with van der Waals surface area (Å²) in [6.07, 6.45) is 0.867. The zero-order valence-corrected chi connectivity index (χ0v) is 16.8. The number of hydrogen-bond donors (Lipinski definition) is 2. The Hall–Kier alpha value is -4.09. The molecule has 0 aliphatic carbocycles. The van der Waals surface area contributed by atoms with Gasteiger partial charge in [-0.2, -0.15) is 0 Å². The Morgan fingerprint density at radius 3 is 2.68 bits per heavy atom. The molecule has 0 radical (unpaired) electrons. The lowest BCUT2D eigenvalue weighted by atomic mass is 10.2. The number of amides is 3. The number of imidazole rings is 1. The maximum Gasteiger partial charge on any atom is 0.332 e. The molecule has 2 aromatic heterocycles. The van der Waals surface area contributed by atoms with E-state index >= 15 is 0 Å². The number of carbonyl (C=O) groups is 2. The monoisotopic (exact) mass is 428 g/mol. The largest absolute Gasteiger partial charge is 0.486 e. The lowest BCUT2D eigenvalue weighted by molar-refractivity contribution is -0.120. The maximum atomic E-state index is 12.4. The first-order chi connectivity index (χ1) is 14.8. The lowest BCUT2D eigenvalue weighted by Gasteiger charge is -2.26. The van der Waals surface area contributed by atoms with Gasteiger partial charge in [0.1, 0.15) is 13.2 Å². The molecule has 1 atom stereocenters. The summed E-state index contributed by atoms with van der Waals surface area (Å²) in [4.78, 5) is 52.8. The molecule has 162 valence electrons. The quantitative estimate of drug-likeness (QED) is 0.549. The number of para-hydroxylation sites is 2. The highest BCUT2D eigenvalue weighted by atomic mass is 16.6. The Bertz CT molecular complexity index is 1290. The molecule has 1 aliphatic heterocycles. The fourth-order valence-corrected chi connectivity index (χ4v) is 3.25. The number of nitrogens with one attached hydrogen (secondary N) is 2. The fraction of sp³-hybridized carbons (Fsp3) is 0.316. The minimum atomic E-state index is -0.711. The van der Waals surface area contributed by atoms with Crippen molar-refractivity contribution in [1.29, 1.82) is 0 Å². The third kappa shape index (κ3) is 3.86. The van der Waals surface area contributed by atoms with Gasteiger partial charge in [0.2, 0.25) is 5.91 Å². The van der Waals surface area contributed by atoms with Crippen molar-refractivity contribution in [3.05, 3.63) is 51.4 Å². The van der Waals surface area contributed by atoms with Crippen molar-refractivity contribution in [3.8, 4) is 11.5 Å². The van der Waals surface area contributed by atoms with Crippen molar-refractivity contribution in [1.82, 2.24) is 29.3 Å². The van der Waals surface area contributed by atoms with Crippen molar-refractivity contribution in [2.24, 2.45) is 14.1 Å². The van der Waals surface area contributed by atoms with E-state index in [0.717, 1.165) is 4.57 Å². The number of aromatic nitrogens is 4. The second-order valence-electron chi connectivity index (χ2n) is 7.01. The molecular weight excluding hydrogens is 408 g/mol. The summed E-state index contributed by atoms with van der Waals surface area (Å²) in [5.41, 5.74) is -0.864. The van der Waals surface area contributed by atoms with E-state index in [1.54, 1.807) is 12.1 Å². The van der Waals surface area contributed by atoms with Crippen molar-refractivity contribution < 1.29 is 19.1 Å². The highest BCUT2D eigenvalue weighted by Crippen LogP contribution is 2.30. The Morgan fingerprint density at radius 1 is 1.16 bits per heavy atom. The molecule has 0 spiro atoms. The summed E-state index contributed by atoms with van der Waals surface area (Å²) in [6, 6.07) is 6.49. The van der Waals surface area contributed by atoms with Crippen molar-refractivity contribution in [3.63, 3.8) is 0 Å². The molecule has 1 unspecified atom stereocenters. The Morgan fingerprint density at radius 2 is 1.90 bits per heavy atom. The van der Waals surface area contributed by atoms with E-state index in [-0.39, 0.29) is 30.9 Å². The maximum absolute atomic E-state index is 12.4. The van der Waals surface area contributed by atoms with Gasteiger partial charge in [-0.3, -0.25) is 24.0 Å². The minimum Gasteiger partial charge on any atom is -0.486 e. The predicted octanol–water partition coefficient (Wildman–Crippen LogP) is -0.900. The first kappa shape index (κ1) is 20.2. The Balaban J connectivity index is 1.36. The average molecular weight is 428 g/mol. The molecule has 1 aliphatic rings. The molecular formula is C19H20N6O6. The van der Waals surface area contributed by atoms with E-state index in [4.69, 9.17) is 9.47 Å². The normalized spacial score (nSPS) is 15.0. The summed E-state index contributed by atoms with van der Waals surface area (Å²) in [7, 11) is 2.81. The summed E-state index contributed by atoms with van der Waals surface area (Å²) in [6.45, 7) is 0.0617. The van der Waals surface area contributed by atoms with Crippen molar-refractivity contribution in [2.75, 3.05) is 13.2 Å². The molecule has 2 N–H and O–H groups in total. The molecule has 31 heavy (non-hydrogen) atoms. The van der Waals surface area contributed by atoms with Gasteiger partial charge in [0, 0.05) is 14.1 Å². The molecule has 3 amide bonds. The number of aryl methyl sites for hydroxylation is 1. The van der Waals surface area contributed by atoms with Crippen LogP contribution in [0.2, 0.25) is 0 Å². The van der Waals surface area contributed by atoms with Crippen LogP contribution in [0.4, 0.5) is 4.79 Å². The second kappa shape index (κ2) is 7.97. The first-order valence-electron chi connectivity index (χ1n) is 9.42. The highest BCUT2D eigenvalue weighted by Gasteiger charge is 2.22. The second-order valence-corrected chi connectivity index (χ2v) is 7.01. The predicted molar refractivity (Wildman–Crippen MR) is 108 cm³/mol. The number of ether oxygens (including phenoxy) is 2. The number of urea groups is 1. The Kier molecular flexibility index (Phi) is 5.19.